The minimum Gasteiger partial charge on any atom is -0.390 e. The Bertz CT molecular complexity index is 145. The summed E-state index contributed by atoms with van der Waals surface area (Å²) in [5, 5.41) is 9.73. The molecule has 86 valence electrons. The Labute approximate surface area is 87.4 Å². The maximum atomic E-state index is 9.73. The second kappa shape index (κ2) is 6.38. The molecule has 0 saturated carbocycles. The first kappa shape index (κ1) is 13.9. The summed E-state index contributed by atoms with van der Waals surface area (Å²) in [6.45, 7) is 8.51. The van der Waals surface area contributed by atoms with Crippen molar-refractivity contribution in [1.82, 2.24) is 0 Å². The average Bonchev–Trinajstić information content (AvgIpc) is 2.15. The summed E-state index contributed by atoms with van der Waals surface area (Å²) >= 11 is 0. The predicted molar refractivity (Wildman–Crippen MR) is 57.4 cm³/mol. The molecule has 0 aliphatic heterocycles. The third-order valence-electron chi connectivity index (χ3n) is 2.57. The summed E-state index contributed by atoms with van der Waals surface area (Å²) in [5.74, 6) is 0. The lowest BCUT2D eigenvalue weighted by molar-refractivity contribution is -0.0438. The van der Waals surface area contributed by atoms with E-state index in [1.807, 2.05) is 27.7 Å². The topological polar surface area (TPSA) is 38.7 Å². The van der Waals surface area contributed by atoms with Gasteiger partial charge in [0.2, 0.25) is 0 Å². The summed E-state index contributed by atoms with van der Waals surface area (Å²) < 4.78 is 10.6. The average molecular weight is 204 g/mol. The van der Waals surface area contributed by atoms with Gasteiger partial charge in [-0.25, -0.2) is 0 Å². The van der Waals surface area contributed by atoms with Crippen LogP contribution in [0.1, 0.15) is 40.5 Å². The van der Waals surface area contributed by atoms with Crippen LogP contribution >= 0.6 is 0 Å². The fourth-order valence-electron chi connectivity index (χ4n) is 1.21. The Kier molecular flexibility index (Phi) is 6.33. The van der Waals surface area contributed by atoms with E-state index in [0.29, 0.717) is 13.0 Å². The van der Waals surface area contributed by atoms with Crippen LogP contribution < -0.4 is 0 Å². The van der Waals surface area contributed by atoms with Crippen LogP contribution in [0.25, 0.3) is 0 Å². The van der Waals surface area contributed by atoms with Crippen molar-refractivity contribution in [3.63, 3.8) is 0 Å². The molecule has 0 saturated heterocycles. The zero-order valence-electron chi connectivity index (χ0n) is 10.0. The van der Waals surface area contributed by atoms with Crippen molar-refractivity contribution >= 4 is 0 Å². The highest BCUT2D eigenvalue weighted by Crippen LogP contribution is 2.18. The van der Waals surface area contributed by atoms with E-state index in [-0.39, 0.29) is 11.7 Å². The molecule has 0 aliphatic carbocycles. The molecular formula is C11H24O3. The molecule has 0 aromatic carbocycles. The minimum absolute atomic E-state index is 0.0901. The van der Waals surface area contributed by atoms with Gasteiger partial charge in [-0.2, -0.15) is 0 Å². The molecule has 0 radical (unpaired) electrons. The van der Waals surface area contributed by atoms with Gasteiger partial charge in [0.25, 0.3) is 0 Å². The summed E-state index contributed by atoms with van der Waals surface area (Å²) in [5.41, 5.74) is -0.160. The predicted octanol–water partition coefficient (Wildman–Crippen LogP) is 1.98. The molecule has 0 spiro atoms. The number of methoxy groups -OCH3 is 1. The third kappa shape index (κ3) is 5.58. The fraction of sp³-hybridized carbons (Fsp3) is 1.00. The second-order valence-electron chi connectivity index (χ2n) is 4.23. The Morgan fingerprint density at radius 2 is 1.93 bits per heavy atom. The van der Waals surface area contributed by atoms with Gasteiger partial charge < -0.3 is 14.6 Å². The molecule has 0 rings (SSSR count). The van der Waals surface area contributed by atoms with Crippen LogP contribution in [0.3, 0.4) is 0 Å². The fourth-order valence-corrected chi connectivity index (χ4v) is 1.21. The molecule has 3 heteroatoms. The van der Waals surface area contributed by atoms with Crippen molar-refractivity contribution in [3.05, 3.63) is 0 Å². The van der Waals surface area contributed by atoms with Gasteiger partial charge in [0.05, 0.1) is 17.8 Å². The molecule has 2 unspecified atom stereocenters. The van der Waals surface area contributed by atoms with E-state index in [4.69, 9.17) is 9.47 Å². The van der Waals surface area contributed by atoms with Crippen molar-refractivity contribution in [2.24, 2.45) is 0 Å². The van der Waals surface area contributed by atoms with Crippen molar-refractivity contribution in [2.75, 3.05) is 13.7 Å². The largest absolute Gasteiger partial charge is 0.390 e. The van der Waals surface area contributed by atoms with Crippen molar-refractivity contribution in [3.8, 4) is 0 Å². The molecular weight excluding hydrogens is 180 g/mol. The molecule has 0 bridgehead atoms. The van der Waals surface area contributed by atoms with Gasteiger partial charge in [-0.3, -0.25) is 0 Å². The zero-order chi connectivity index (χ0) is 11.2. The monoisotopic (exact) mass is 204 g/mol. The third-order valence-corrected chi connectivity index (χ3v) is 2.57. The SMILES string of the molecule is CCOC(C)C(O)CCC(C)(C)OC. The number of hydrogen-bond donors (Lipinski definition) is 1. The lowest BCUT2D eigenvalue weighted by Crippen LogP contribution is -2.30. The second-order valence-corrected chi connectivity index (χ2v) is 4.23. The van der Waals surface area contributed by atoms with E-state index in [2.05, 4.69) is 0 Å². The molecule has 1 N–H and O–H groups in total. The number of hydrogen-bond acceptors (Lipinski definition) is 3. The van der Waals surface area contributed by atoms with Crippen LogP contribution in [-0.4, -0.2) is 36.6 Å². The normalized spacial score (nSPS) is 16.7. The van der Waals surface area contributed by atoms with Gasteiger partial charge in [-0.1, -0.05) is 0 Å². The lowest BCUT2D eigenvalue weighted by atomic mass is 9.98. The number of ether oxygens (including phenoxy) is 2. The molecule has 3 nitrogen and oxygen atoms in total. The van der Waals surface area contributed by atoms with Gasteiger partial charge in [0.15, 0.2) is 0 Å². The van der Waals surface area contributed by atoms with Crippen molar-refractivity contribution in [1.29, 1.82) is 0 Å². The van der Waals surface area contributed by atoms with Crippen LogP contribution in [0, 0.1) is 0 Å². The first-order valence-electron chi connectivity index (χ1n) is 5.27. The van der Waals surface area contributed by atoms with Gasteiger partial charge in [0.1, 0.15) is 0 Å². The van der Waals surface area contributed by atoms with Crippen LogP contribution in [-0.2, 0) is 9.47 Å². The Morgan fingerprint density at radius 1 is 1.36 bits per heavy atom. The highest BCUT2D eigenvalue weighted by atomic mass is 16.5. The van der Waals surface area contributed by atoms with Crippen LogP contribution in [0.5, 0.6) is 0 Å². The molecule has 2 atom stereocenters. The first-order valence-corrected chi connectivity index (χ1v) is 5.27. The summed E-state index contributed by atoms with van der Waals surface area (Å²) in [4.78, 5) is 0. The summed E-state index contributed by atoms with van der Waals surface area (Å²) in [6.07, 6.45) is 1.06. The lowest BCUT2D eigenvalue weighted by Gasteiger charge is -2.26. The molecule has 0 aliphatic rings. The Morgan fingerprint density at radius 3 is 2.36 bits per heavy atom. The Balaban J connectivity index is 3.77. The molecule has 14 heavy (non-hydrogen) atoms. The first-order chi connectivity index (χ1) is 6.43. The van der Waals surface area contributed by atoms with Crippen LogP contribution in [0.2, 0.25) is 0 Å². The minimum atomic E-state index is -0.399. The molecule has 0 fully saturated rings. The molecule has 0 aromatic heterocycles. The van der Waals surface area contributed by atoms with Crippen molar-refractivity contribution in [2.45, 2.75) is 58.3 Å². The zero-order valence-corrected chi connectivity index (χ0v) is 10.0. The summed E-state index contributed by atoms with van der Waals surface area (Å²) in [7, 11) is 1.69. The highest BCUT2D eigenvalue weighted by Gasteiger charge is 2.21. The van der Waals surface area contributed by atoms with Gasteiger partial charge in [-0.05, 0) is 40.5 Å². The Hall–Kier alpha value is -0.120. The molecule has 0 aromatic rings. The summed E-state index contributed by atoms with van der Waals surface area (Å²) in [6, 6.07) is 0. The van der Waals surface area contributed by atoms with E-state index in [9.17, 15) is 5.11 Å². The molecule has 0 amide bonds. The maximum Gasteiger partial charge on any atom is 0.0805 e. The van der Waals surface area contributed by atoms with E-state index < -0.39 is 6.10 Å². The van der Waals surface area contributed by atoms with Gasteiger partial charge in [-0.15, -0.1) is 0 Å². The number of aliphatic hydroxyl groups excluding tert-OH is 1. The number of rotatable bonds is 7. The van der Waals surface area contributed by atoms with E-state index in [0.717, 1.165) is 6.42 Å². The highest BCUT2D eigenvalue weighted by molar-refractivity contribution is 4.73. The number of aliphatic hydroxyl groups is 1. The van der Waals surface area contributed by atoms with E-state index in [1.165, 1.54) is 0 Å². The maximum absolute atomic E-state index is 9.73. The smallest absolute Gasteiger partial charge is 0.0805 e. The van der Waals surface area contributed by atoms with Crippen molar-refractivity contribution < 1.29 is 14.6 Å². The van der Waals surface area contributed by atoms with E-state index >= 15 is 0 Å². The van der Waals surface area contributed by atoms with Crippen LogP contribution in [0.4, 0.5) is 0 Å². The molecule has 0 heterocycles. The van der Waals surface area contributed by atoms with Gasteiger partial charge >= 0.3 is 0 Å². The van der Waals surface area contributed by atoms with Gasteiger partial charge in [0, 0.05) is 13.7 Å². The van der Waals surface area contributed by atoms with E-state index in [1.54, 1.807) is 7.11 Å². The standard InChI is InChI=1S/C11H24O3/c1-6-14-9(2)10(12)7-8-11(3,4)13-5/h9-10,12H,6-8H2,1-5H3. The van der Waals surface area contributed by atoms with Crippen LogP contribution in [0.15, 0.2) is 0 Å². The quantitative estimate of drug-likeness (QED) is 0.689.